The minimum atomic E-state index is -0.607. The molecule has 2 aromatic rings. The number of primary amides is 1. The third kappa shape index (κ3) is 4.16. The maximum atomic E-state index is 12.1. The number of nitrogens with one attached hydrogen (secondary N) is 1. The highest BCUT2D eigenvalue weighted by atomic mass is 16.5. The van der Waals surface area contributed by atoms with E-state index in [1.165, 1.54) is 20.4 Å². The number of ether oxygens (including phenoxy) is 2. The van der Waals surface area contributed by atoms with E-state index in [0.717, 1.165) is 12.8 Å². The average Bonchev–Trinajstić information content (AvgIpc) is 2.73. The van der Waals surface area contributed by atoms with E-state index in [2.05, 4.69) is 10.3 Å². The van der Waals surface area contributed by atoms with E-state index in [9.17, 15) is 9.59 Å². The van der Waals surface area contributed by atoms with Crippen LogP contribution in [0, 0.1) is 11.3 Å². The molecule has 1 aliphatic heterocycles. The van der Waals surface area contributed by atoms with Gasteiger partial charge in [0.15, 0.2) is 11.5 Å². The van der Waals surface area contributed by atoms with E-state index < -0.39 is 5.91 Å². The van der Waals surface area contributed by atoms with E-state index in [4.69, 9.17) is 20.5 Å². The molecule has 3 rings (SSSR count). The Labute approximate surface area is 168 Å². The molecular weight excluding hydrogens is 374 g/mol. The molecule has 9 nitrogen and oxygen atoms in total. The topological polar surface area (TPSA) is 131 Å². The average molecular weight is 397 g/mol. The summed E-state index contributed by atoms with van der Waals surface area (Å²) in [5, 5.41) is 12.8. The number of hydrogen-bond acceptors (Lipinski definition) is 7. The summed E-state index contributed by atoms with van der Waals surface area (Å²) in [5.74, 6) is 0.224. The number of nitrogens with zero attached hydrogens (tertiary/aromatic N) is 3. The van der Waals surface area contributed by atoms with Crippen molar-refractivity contribution >= 4 is 28.4 Å². The summed E-state index contributed by atoms with van der Waals surface area (Å²) >= 11 is 0. The number of rotatable bonds is 6. The lowest BCUT2D eigenvalue weighted by atomic mass is 10.0. The molecule has 0 radical (unpaired) electrons. The highest BCUT2D eigenvalue weighted by Gasteiger charge is 2.25. The summed E-state index contributed by atoms with van der Waals surface area (Å²) in [4.78, 5) is 30.1. The Morgan fingerprint density at radius 1 is 1.34 bits per heavy atom. The van der Waals surface area contributed by atoms with Crippen molar-refractivity contribution in [3.05, 3.63) is 23.9 Å². The monoisotopic (exact) mass is 397 g/mol. The van der Waals surface area contributed by atoms with Gasteiger partial charge in [0.05, 0.1) is 37.1 Å². The zero-order valence-corrected chi connectivity index (χ0v) is 16.4. The molecule has 1 fully saturated rings. The van der Waals surface area contributed by atoms with Gasteiger partial charge in [0.25, 0.3) is 5.91 Å². The minimum Gasteiger partial charge on any atom is -0.493 e. The SMILES string of the molecule is COc1cc2ncc(C(N)=O)c(NC3CCCN(C(=O)CC#N)C3)c2cc1OC. The van der Waals surface area contributed by atoms with Crippen LogP contribution in [-0.2, 0) is 4.79 Å². The van der Waals surface area contributed by atoms with Crippen LogP contribution in [0.25, 0.3) is 10.9 Å². The molecular formula is C20H23N5O4. The van der Waals surface area contributed by atoms with Crippen LogP contribution in [-0.4, -0.2) is 55.0 Å². The number of fused-ring (bicyclic) bond motifs is 1. The normalized spacial score (nSPS) is 16.2. The zero-order valence-electron chi connectivity index (χ0n) is 16.4. The first kappa shape index (κ1) is 20.2. The van der Waals surface area contributed by atoms with Gasteiger partial charge in [-0.15, -0.1) is 0 Å². The molecule has 1 unspecified atom stereocenters. The van der Waals surface area contributed by atoms with Crippen molar-refractivity contribution in [3.63, 3.8) is 0 Å². The number of methoxy groups -OCH3 is 2. The second-order valence-electron chi connectivity index (χ2n) is 6.79. The number of piperidine rings is 1. The fourth-order valence-electron chi connectivity index (χ4n) is 3.57. The van der Waals surface area contributed by atoms with Crippen molar-refractivity contribution < 1.29 is 19.1 Å². The summed E-state index contributed by atoms with van der Waals surface area (Å²) in [7, 11) is 3.07. The number of nitriles is 1. The summed E-state index contributed by atoms with van der Waals surface area (Å²) in [6, 6.07) is 5.28. The molecule has 1 aromatic heterocycles. The fraction of sp³-hybridized carbons (Fsp3) is 0.400. The fourth-order valence-corrected chi connectivity index (χ4v) is 3.57. The second kappa shape index (κ2) is 8.65. The van der Waals surface area contributed by atoms with Crippen LogP contribution in [0.1, 0.15) is 29.6 Å². The van der Waals surface area contributed by atoms with E-state index in [1.807, 2.05) is 6.07 Å². The molecule has 9 heteroatoms. The smallest absolute Gasteiger partial charge is 0.252 e. The first-order valence-electron chi connectivity index (χ1n) is 9.24. The number of likely N-dealkylation sites (tertiary alicyclic amines) is 1. The Morgan fingerprint density at radius 3 is 2.72 bits per heavy atom. The predicted octanol–water partition coefficient (Wildman–Crippen LogP) is 1.67. The predicted molar refractivity (Wildman–Crippen MR) is 107 cm³/mol. The molecule has 1 saturated heterocycles. The quantitative estimate of drug-likeness (QED) is 0.758. The van der Waals surface area contributed by atoms with Gasteiger partial charge in [0.1, 0.15) is 6.42 Å². The van der Waals surface area contributed by atoms with Crippen LogP contribution in [0.15, 0.2) is 18.3 Å². The molecule has 152 valence electrons. The van der Waals surface area contributed by atoms with Crippen molar-refractivity contribution in [3.8, 4) is 17.6 Å². The van der Waals surface area contributed by atoms with Gasteiger partial charge in [-0.3, -0.25) is 14.6 Å². The van der Waals surface area contributed by atoms with Gasteiger partial charge in [0.2, 0.25) is 5.91 Å². The largest absolute Gasteiger partial charge is 0.493 e. The van der Waals surface area contributed by atoms with Gasteiger partial charge in [-0.2, -0.15) is 5.26 Å². The molecule has 1 aromatic carbocycles. The number of aromatic nitrogens is 1. The van der Waals surface area contributed by atoms with Crippen LogP contribution in [0.4, 0.5) is 5.69 Å². The first-order valence-corrected chi connectivity index (χ1v) is 9.24. The number of carbonyl (C=O) groups is 2. The number of nitrogens with two attached hydrogens (primary N) is 1. The lowest BCUT2D eigenvalue weighted by Crippen LogP contribution is -2.45. The van der Waals surface area contributed by atoms with Gasteiger partial charge in [-0.05, 0) is 18.9 Å². The Bertz CT molecular complexity index is 985. The summed E-state index contributed by atoms with van der Waals surface area (Å²) in [5.41, 5.74) is 6.99. The minimum absolute atomic E-state index is 0.0943. The Hall–Kier alpha value is -3.54. The molecule has 3 N–H and O–H groups in total. The molecule has 1 aliphatic rings. The van der Waals surface area contributed by atoms with Crippen LogP contribution in [0.2, 0.25) is 0 Å². The van der Waals surface area contributed by atoms with E-state index in [0.29, 0.717) is 41.2 Å². The number of benzene rings is 1. The molecule has 29 heavy (non-hydrogen) atoms. The summed E-state index contributed by atoms with van der Waals surface area (Å²) < 4.78 is 10.7. The van der Waals surface area contributed by atoms with Crippen LogP contribution in [0.5, 0.6) is 11.5 Å². The maximum absolute atomic E-state index is 12.1. The number of hydrogen-bond donors (Lipinski definition) is 2. The van der Waals surface area contributed by atoms with Gasteiger partial charge < -0.3 is 25.4 Å². The Morgan fingerprint density at radius 2 is 2.07 bits per heavy atom. The van der Waals surface area contributed by atoms with Gasteiger partial charge in [-0.25, -0.2) is 0 Å². The van der Waals surface area contributed by atoms with E-state index >= 15 is 0 Å². The summed E-state index contributed by atoms with van der Waals surface area (Å²) in [6.07, 6.45) is 2.89. The third-order valence-electron chi connectivity index (χ3n) is 4.99. The second-order valence-corrected chi connectivity index (χ2v) is 6.79. The zero-order chi connectivity index (χ0) is 21.0. The lowest BCUT2D eigenvalue weighted by molar-refractivity contribution is -0.131. The lowest BCUT2D eigenvalue weighted by Gasteiger charge is -2.34. The molecule has 0 saturated carbocycles. The number of amides is 2. The first-order chi connectivity index (χ1) is 14.0. The van der Waals surface area contributed by atoms with Gasteiger partial charge >= 0.3 is 0 Å². The number of carbonyl (C=O) groups excluding carboxylic acids is 2. The molecule has 2 amide bonds. The van der Waals surface area contributed by atoms with Gasteiger partial charge in [-0.1, -0.05) is 0 Å². The maximum Gasteiger partial charge on any atom is 0.252 e. The molecule has 2 heterocycles. The highest BCUT2D eigenvalue weighted by molar-refractivity contribution is 6.07. The molecule has 1 atom stereocenters. The van der Waals surface area contributed by atoms with Crippen molar-refractivity contribution in [1.29, 1.82) is 5.26 Å². The molecule has 0 spiro atoms. The standard InChI is InChI=1S/C20H23N5O4/c1-28-16-8-13-15(9-17(16)29-2)23-10-14(20(22)27)19(13)24-12-4-3-7-25(11-12)18(26)5-6-21/h8-10,12H,3-5,7,11H2,1-2H3,(H2,22,27)(H,23,24). The molecule has 0 aliphatic carbocycles. The highest BCUT2D eigenvalue weighted by Crippen LogP contribution is 2.36. The van der Waals surface area contributed by atoms with E-state index in [1.54, 1.807) is 17.0 Å². The number of pyridine rings is 1. The Kier molecular flexibility index (Phi) is 6.02. The van der Waals surface area contributed by atoms with Crippen molar-refractivity contribution in [2.24, 2.45) is 5.73 Å². The van der Waals surface area contributed by atoms with Crippen LogP contribution in [0.3, 0.4) is 0 Å². The summed E-state index contributed by atoms with van der Waals surface area (Å²) in [6.45, 7) is 1.05. The Balaban J connectivity index is 2.00. The van der Waals surface area contributed by atoms with Crippen molar-refractivity contribution in [2.45, 2.75) is 25.3 Å². The van der Waals surface area contributed by atoms with Crippen molar-refractivity contribution in [2.75, 3.05) is 32.6 Å². The van der Waals surface area contributed by atoms with Crippen LogP contribution < -0.4 is 20.5 Å². The van der Waals surface area contributed by atoms with Crippen LogP contribution >= 0.6 is 0 Å². The van der Waals surface area contributed by atoms with Gasteiger partial charge in [0, 0.05) is 36.8 Å². The van der Waals surface area contributed by atoms with Crippen molar-refractivity contribution in [1.82, 2.24) is 9.88 Å². The third-order valence-corrected chi connectivity index (χ3v) is 4.99. The molecule has 0 bridgehead atoms. The number of anilines is 1. The van der Waals surface area contributed by atoms with E-state index in [-0.39, 0.29) is 23.9 Å².